The molecule has 0 amide bonds. The lowest BCUT2D eigenvalue weighted by molar-refractivity contribution is 0.283. The number of aliphatic hydroxyl groups excluding tert-OH is 1. The summed E-state index contributed by atoms with van der Waals surface area (Å²) in [5, 5.41) is 13.2. The zero-order chi connectivity index (χ0) is 13.5. The van der Waals surface area contributed by atoms with Gasteiger partial charge in [-0.3, -0.25) is 0 Å². The maximum absolute atomic E-state index is 8.70. The van der Waals surface area contributed by atoms with Crippen LogP contribution in [0.5, 0.6) is 0 Å². The zero-order valence-corrected chi connectivity index (χ0v) is 12.5. The predicted octanol–water partition coefficient (Wildman–Crippen LogP) is 3.96. The average molecular weight is 323 g/mol. The van der Waals surface area contributed by atoms with E-state index in [1.54, 1.807) is 0 Å². The third kappa shape index (κ3) is 4.18. The fraction of sp³-hybridized carbons (Fsp3) is 0.400. The molecule has 2 N–H and O–H groups in total. The molecule has 0 unspecified atom stereocenters. The minimum Gasteiger partial charge on any atom is -0.396 e. The van der Waals surface area contributed by atoms with Gasteiger partial charge in [-0.25, -0.2) is 4.98 Å². The SMILES string of the molecule is OCCCCCCNc1ccc2cccc(Br)c2n1. The summed E-state index contributed by atoms with van der Waals surface area (Å²) in [5.74, 6) is 0.918. The number of benzene rings is 1. The van der Waals surface area contributed by atoms with Gasteiger partial charge in [0.25, 0.3) is 0 Å². The van der Waals surface area contributed by atoms with Crippen molar-refractivity contribution < 1.29 is 5.11 Å². The molecule has 0 atom stereocenters. The molecule has 0 spiro atoms. The maximum atomic E-state index is 8.70. The van der Waals surface area contributed by atoms with E-state index in [1.165, 1.54) is 0 Å². The van der Waals surface area contributed by atoms with Gasteiger partial charge < -0.3 is 10.4 Å². The van der Waals surface area contributed by atoms with E-state index in [9.17, 15) is 0 Å². The summed E-state index contributed by atoms with van der Waals surface area (Å²) >= 11 is 3.53. The molecule has 2 rings (SSSR count). The molecule has 0 bridgehead atoms. The molecule has 3 nitrogen and oxygen atoms in total. The smallest absolute Gasteiger partial charge is 0.126 e. The Morgan fingerprint density at radius 3 is 2.74 bits per heavy atom. The lowest BCUT2D eigenvalue weighted by Crippen LogP contribution is -2.03. The molecule has 0 fully saturated rings. The van der Waals surface area contributed by atoms with Gasteiger partial charge in [0, 0.05) is 23.0 Å². The van der Waals surface area contributed by atoms with Crippen molar-refractivity contribution in [1.29, 1.82) is 0 Å². The Morgan fingerprint density at radius 2 is 1.89 bits per heavy atom. The number of nitrogens with zero attached hydrogens (tertiary/aromatic N) is 1. The van der Waals surface area contributed by atoms with Crippen LogP contribution in [-0.2, 0) is 0 Å². The monoisotopic (exact) mass is 322 g/mol. The fourth-order valence-electron chi connectivity index (χ4n) is 2.02. The summed E-state index contributed by atoms with van der Waals surface area (Å²) in [5.41, 5.74) is 0.993. The van der Waals surface area contributed by atoms with Gasteiger partial charge in [0.2, 0.25) is 0 Å². The Hall–Kier alpha value is -1.13. The van der Waals surface area contributed by atoms with E-state index in [0.717, 1.165) is 53.4 Å². The number of aromatic nitrogens is 1. The number of para-hydroxylation sites is 1. The van der Waals surface area contributed by atoms with E-state index in [1.807, 2.05) is 18.2 Å². The van der Waals surface area contributed by atoms with Crippen LogP contribution in [0.2, 0.25) is 0 Å². The molecule has 0 aliphatic heterocycles. The van der Waals surface area contributed by atoms with Crippen LogP contribution in [0, 0.1) is 0 Å². The number of halogens is 1. The molecule has 102 valence electrons. The Balaban J connectivity index is 1.89. The third-order valence-electron chi connectivity index (χ3n) is 3.06. The second kappa shape index (κ2) is 7.46. The van der Waals surface area contributed by atoms with Crippen molar-refractivity contribution in [3.63, 3.8) is 0 Å². The number of rotatable bonds is 7. The van der Waals surface area contributed by atoms with Crippen molar-refractivity contribution in [2.45, 2.75) is 25.7 Å². The van der Waals surface area contributed by atoms with Crippen molar-refractivity contribution in [3.05, 3.63) is 34.8 Å². The van der Waals surface area contributed by atoms with Gasteiger partial charge in [-0.15, -0.1) is 0 Å². The number of fused-ring (bicyclic) bond motifs is 1. The molecule has 1 heterocycles. The van der Waals surface area contributed by atoms with Crippen LogP contribution in [0.15, 0.2) is 34.8 Å². The van der Waals surface area contributed by atoms with Crippen molar-refractivity contribution >= 4 is 32.7 Å². The Morgan fingerprint density at radius 1 is 1.05 bits per heavy atom. The van der Waals surface area contributed by atoms with E-state index in [0.29, 0.717) is 6.61 Å². The highest BCUT2D eigenvalue weighted by atomic mass is 79.9. The third-order valence-corrected chi connectivity index (χ3v) is 3.70. The van der Waals surface area contributed by atoms with E-state index in [2.05, 4.69) is 38.4 Å². The maximum Gasteiger partial charge on any atom is 0.126 e. The Kier molecular flexibility index (Phi) is 5.61. The summed E-state index contributed by atoms with van der Waals surface area (Å²) < 4.78 is 1.02. The van der Waals surface area contributed by atoms with Gasteiger partial charge in [0.15, 0.2) is 0 Å². The number of anilines is 1. The summed E-state index contributed by atoms with van der Waals surface area (Å²) in [6.07, 6.45) is 4.25. The molecule has 0 saturated carbocycles. The molecule has 0 saturated heterocycles. The Bertz CT molecular complexity index is 531. The first-order valence-corrected chi connectivity index (χ1v) is 7.50. The van der Waals surface area contributed by atoms with Crippen molar-refractivity contribution in [1.82, 2.24) is 4.98 Å². The van der Waals surface area contributed by atoms with Crippen molar-refractivity contribution in [2.75, 3.05) is 18.5 Å². The molecule has 1 aromatic carbocycles. The summed E-state index contributed by atoms with van der Waals surface area (Å²) in [6, 6.07) is 10.2. The van der Waals surface area contributed by atoms with Crippen molar-refractivity contribution in [2.24, 2.45) is 0 Å². The predicted molar refractivity (Wildman–Crippen MR) is 83.5 cm³/mol. The van der Waals surface area contributed by atoms with Gasteiger partial charge in [0.1, 0.15) is 5.82 Å². The molecule has 19 heavy (non-hydrogen) atoms. The van der Waals surface area contributed by atoms with Crippen LogP contribution < -0.4 is 5.32 Å². The second-order valence-electron chi connectivity index (χ2n) is 4.57. The lowest BCUT2D eigenvalue weighted by Gasteiger charge is -2.07. The normalized spacial score (nSPS) is 10.8. The molecule has 0 aliphatic carbocycles. The Labute approximate surface area is 122 Å². The number of pyridine rings is 1. The molecule has 0 radical (unpaired) electrons. The molecule has 0 aliphatic rings. The fourth-order valence-corrected chi connectivity index (χ4v) is 2.49. The minimum atomic E-state index is 0.299. The van der Waals surface area contributed by atoms with E-state index in [4.69, 9.17) is 5.11 Å². The van der Waals surface area contributed by atoms with Gasteiger partial charge >= 0.3 is 0 Å². The minimum absolute atomic E-state index is 0.299. The van der Waals surface area contributed by atoms with E-state index >= 15 is 0 Å². The van der Waals surface area contributed by atoms with Crippen LogP contribution in [0.1, 0.15) is 25.7 Å². The van der Waals surface area contributed by atoms with E-state index < -0.39 is 0 Å². The number of unbranched alkanes of at least 4 members (excludes halogenated alkanes) is 3. The first-order valence-electron chi connectivity index (χ1n) is 6.71. The molecule has 2 aromatic rings. The highest BCUT2D eigenvalue weighted by Gasteiger charge is 2.01. The number of nitrogens with one attached hydrogen (secondary N) is 1. The van der Waals surface area contributed by atoms with Crippen LogP contribution >= 0.6 is 15.9 Å². The summed E-state index contributed by atoms with van der Waals surface area (Å²) in [4.78, 5) is 4.61. The highest BCUT2D eigenvalue weighted by molar-refractivity contribution is 9.10. The highest BCUT2D eigenvalue weighted by Crippen LogP contribution is 2.23. The lowest BCUT2D eigenvalue weighted by atomic mass is 10.2. The number of aliphatic hydroxyl groups is 1. The summed E-state index contributed by atoms with van der Waals surface area (Å²) in [6.45, 7) is 1.22. The molecule has 1 aromatic heterocycles. The standard InChI is InChI=1S/C15H19BrN2O/c16-13-7-5-6-12-8-9-14(18-15(12)13)17-10-3-1-2-4-11-19/h5-9,19H,1-4,10-11H2,(H,17,18). The first-order chi connectivity index (χ1) is 9.31. The number of hydrogen-bond donors (Lipinski definition) is 2. The van der Waals surface area contributed by atoms with E-state index in [-0.39, 0.29) is 0 Å². The molecular weight excluding hydrogens is 304 g/mol. The number of hydrogen-bond acceptors (Lipinski definition) is 3. The van der Waals surface area contributed by atoms with Crippen LogP contribution in [-0.4, -0.2) is 23.2 Å². The molecular formula is C15H19BrN2O. The average Bonchev–Trinajstić information content (AvgIpc) is 2.43. The van der Waals surface area contributed by atoms with Crippen LogP contribution in [0.25, 0.3) is 10.9 Å². The van der Waals surface area contributed by atoms with Crippen molar-refractivity contribution in [3.8, 4) is 0 Å². The van der Waals surface area contributed by atoms with Gasteiger partial charge in [-0.1, -0.05) is 25.0 Å². The quantitative estimate of drug-likeness (QED) is 0.758. The van der Waals surface area contributed by atoms with Gasteiger partial charge in [-0.05, 0) is 47.0 Å². The van der Waals surface area contributed by atoms with Gasteiger partial charge in [0.05, 0.1) is 5.52 Å². The summed E-state index contributed by atoms with van der Waals surface area (Å²) in [7, 11) is 0. The zero-order valence-electron chi connectivity index (χ0n) is 10.9. The van der Waals surface area contributed by atoms with Crippen LogP contribution in [0.3, 0.4) is 0 Å². The topological polar surface area (TPSA) is 45.1 Å². The van der Waals surface area contributed by atoms with Crippen LogP contribution in [0.4, 0.5) is 5.82 Å². The first kappa shape index (κ1) is 14.3. The molecule has 4 heteroatoms. The largest absolute Gasteiger partial charge is 0.396 e. The second-order valence-corrected chi connectivity index (χ2v) is 5.43. The van der Waals surface area contributed by atoms with Gasteiger partial charge in [-0.2, -0.15) is 0 Å².